The Balaban J connectivity index is 2.12. The molecule has 1 unspecified atom stereocenters. The Hall–Kier alpha value is -1.01. The van der Waals surface area contributed by atoms with Gasteiger partial charge in [-0.2, -0.15) is 0 Å². The number of ether oxygens (including phenoxy) is 2. The first-order valence-corrected chi connectivity index (χ1v) is 5.93. The van der Waals surface area contributed by atoms with Gasteiger partial charge in [0.2, 0.25) is 0 Å². The van der Waals surface area contributed by atoms with Crippen LogP contribution in [-0.2, 0) is 16.1 Å². The summed E-state index contributed by atoms with van der Waals surface area (Å²) in [6.07, 6.45) is -0.603. The molecule has 0 aliphatic heterocycles. The maximum Gasteiger partial charge on any atom is 0.128 e. The van der Waals surface area contributed by atoms with Crippen LogP contribution in [0.2, 0.25) is 0 Å². The predicted molar refractivity (Wildman–Crippen MR) is 66.8 cm³/mol. The molecule has 0 aromatic heterocycles. The number of halogens is 1. The third-order valence-corrected chi connectivity index (χ3v) is 2.39. The zero-order chi connectivity index (χ0) is 13.2. The number of aliphatic hydroxyl groups is 1. The van der Waals surface area contributed by atoms with Gasteiger partial charge in [0.1, 0.15) is 5.82 Å². The number of hydrogen-bond acceptors (Lipinski definition) is 4. The molecule has 1 rings (SSSR count). The summed E-state index contributed by atoms with van der Waals surface area (Å²) in [5.74, 6) is -0.287. The third kappa shape index (κ3) is 6.07. The first-order chi connectivity index (χ1) is 8.74. The van der Waals surface area contributed by atoms with Crippen molar-refractivity contribution in [3.05, 3.63) is 35.6 Å². The third-order valence-electron chi connectivity index (χ3n) is 2.39. The van der Waals surface area contributed by atoms with Crippen LogP contribution in [0.15, 0.2) is 24.3 Å². The number of rotatable bonds is 9. The molecule has 1 aromatic carbocycles. The van der Waals surface area contributed by atoms with Crippen molar-refractivity contribution in [2.45, 2.75) is 12.7 Å². The molecular formula is C13H20FNO3. The molecule has 102 valence electrons. The summed E-state index contributed by atoms with van der Waals surface area (Å²) in [5.41, 5.74) is 0.497. The van der Waals surface area contributed by atoms with Crippen LogP contribution in [0.1, 0.15) is 5.56 Å². The molecule has 0 aliphatic carbocycles. The normalized spacial score (nSPS) is 12.6. The van der Waals surface area contributed by atoms with E-state index in [0.717, 1.165) is 0 Å². The molecule has 4 nitrogen and oxygen atoms in total. The van der Waals surface area contributed by atoms with E-state index in [1.807, 2.05) is 0 Å². The quantitative estimate of drug-likeness (QED) is 0.646. The van der Waals surface area contributed by atoms with Crippen molar-refractivity contribution in [2.24, 2.45) is 0 Å². The summed E-state index contributed by atoms with van der Waals surface area (Å²) in [7, 11) is 1.62. The monoisotopic (exact) mass is 257 g/mol. The lowest BCUT2D eigenvalue weighted by molar-refractivity contribution is 0.0272. The zero-order valence-electron chi connectivity index (χ0n) is 10.6. The van der Waals surface area contributed by atoms with Crippen LogP contribution in [-0.4, -0.2) is 44.6 Å². The molecule has 0 saturated heterocycles. The lowest BCUT2D eigenvalue weighted by Gasteiger charge is -2.12. The first kappa shape index (κ1) is 15.0. The molecule has 5 heteroatoms. The summed E-state index contributed by atoms with van der Waals surface area (Å²) >= 11 is 0. The molecule has 0 saturated carbocycles. The van der Waals surface area contributed by atoms with Crippen LogP contribution in [0.25, 0.3) is 0 Å². The average molecular weight is 257 g/mol. The molecule has 2 N–H and O–H groups in total. The fourth-order valence-corrected chi connectivity index (χ4v) is 1.42. The Bertz CT molecular complexity index is 336. The number of methoxy groups -OCH3 is 1. The van der Waals surface area contributed by atoms with Crippen LogP contribution in [0, 0.1) is 5.82 Å². The highest BCUT2D eigenvalue weighted by Gasteiger charge is 2.05. The van der Waals surface area contributed by atoms with E-state index in [9.17, 15) is 9.50 Å². The molecule has 18 heavy (non-hydrogen) atoms. The van der Waals surface area contributed by atoms with Crippen molar-refractivity contribution in [1.82, 2.24) is 5.32 Å². The summed E-state index contributed by atoms with van der Waals surface area (Å²) in [4.78, 5) is 0. The van der Waals surface area contributed by atoms with Gasteiger partial charge in [-0.1, -0.05) is 18.2 Å². The maximum absolute atomic E-state index is 13.2. The van der Waals surface area contributed by atoms with Crippen LogP contribution in [0.3, 0.4) is 0 Å². The van der Waals surface area contributed by atoms with Gasteiger partial charge < -0.3 is 19.9 Å². The van der Waals surface area contributed by atoms with Crippen molar-refractivity contribution >= 4 is 0 Å². The van der Waals surface area contributed by atoms with E-state index >= 15 is 0 Å². The fourth-order valence-electron chi connectivity index (χ4n) is 1.42. The van der Waals surface area contributed by atoms with E-state index in [0.29, 0.717) is 25.3 Å². The van der Waals surface area contributed by atoms with Gasteiger partial charge in [-0.3, -0.25) is 0 Å². The molecule has 0 amide bonds. The molecule has 0 spiro atoms. The van der Waals surface area contributed by atoms with Crippen LogP contribution in [0.5, 0.6) is 0 Å². The van der Waals surface area contributed by atoms with Gasteiger partial charge in [-0.15, -0.1) is 0 Å². The van der Waals surface area contributed by atoms with Gasteiger partial charge in [-0.05, 0) is 6.07 Å². The Morgan fingerprint density at radius 1 is 1.39 bits per heavy atom. The van der Waals surface area contributed by atoms with Gasteiger partial charge in [0.15, 0.2) is 0 Å². The predicted octanol–water partition coefficient (Wildman–Crippen LogP) is 0.939. The smallest absolute Gasteiger partial charge is 0.128 e. The van der Waals surface area contributed by atoms with Crippen molar-refractivity contribution in [2.75, 3.05) is 33.4 Å². The highest BCUT2D eigenvalue weighted by atomic mass is 19.1. The molecule has 1 atom stereocenters. The van der Waals surface area contributed by atoms with Crippen LogP contribution < -0.4 is 5.32 Å². The van der Waals surface area contributed by atoms with E-state index < -0.39 is 6.10 Å². The number of aliphatic hydroxyl groups excluding tert-OH is 1. The molecule has 1 aromatic rings. The maximum atomic E-state index is 13.2. The highest BCUT2D eigenvalue weighted by molar-refractivity contribution is 5.16. The van der Waals surface area contributed by atoms with E-state index in [2.05, 4.69) is 5.32 Å². The van der Waals surface area contributed by atoms with Gasteiger partial charge in [0.25, 0.3) is 0 Å². The fraction of sp³-hybridized carbons (Fsp3) is 0.538. The SMILES string of the molecule is COCCNCC(O)COCc1ccccc1F. The molecule has 0 heterocycles. The van der Waals surface area contributed by atoms with Crippen LogP contribution in [0.4, 0.5) is 4.39 Å². The average Bonchev–Trinajstić information content (AvgIpc) is 2.37. The molecular weight excluding hydrogens is 237 g/mol. The standard InChI is InChI=1S/C13H20FNO3/c1-17-7-6-15-8-12(16)10-18-9-11-4-2-3-5-13(11)14/h2-5,12,15-16H,6-10H2,1H3. The summed E-state index contributed by atoms with van der Waals surface area (Å²) < 4.78 is 23.3. The summed E-state index contributed by atoms with van der Waals surface area (Å²) in [6, 6.07) is 6.44. The Morgan fingerprint density at radius 2 is 2.17 bits per heavy atom. The van der Waals surface area contributed by atoms with Gasteiger partial charge >= 0.3 is 0 Å². The molecule has 0 fully saturated rings. The molecule has 0 bridgehead atoms. The minimum Gasteiger partial charge on any atom is -0.389 e. The highest BCUT2D eigenvalue weighted by Crippen LogP contribution is 2.07. The summed E-state index contributed by atoms with van der Waals surface area (Å²) in [5, 5.41) is 12.6. The Labute approximate surface area is 107 Å². The summed E-state index contributed by atoms with van der Waals surface area (Å²) in [6.45, 7) is 2.06. The van der Waals surface area contributed by atoms with Crippen molar-refractivity contribution in [3.63, 3.8) is 0 Å². The number of nitrogens with one attached hydrogen (secondary N) is 1. The van der Waals surface area contributed by atoms with Gasteiger partial charge in [0, 0.05) is 25.8 Å². The van der Waals surface area contributed by atoms with Crippen molar-refractivity contribution < 1.29 is 19.0 Å². The lowest BCUT2D eigenvalue weighted by atomic mass is 10.2. The minimum absolute atomic E-state index is 0.168. The van der Waals surface area contributed by atoms with E-state index in [-0.39, 0.29) is 19.0 Å². The topological polar surface area (TPSA) is 50.7 Å². The largest absolute Gasteiger partial charge is 0.389 e. The second-order valence-corrected chi connectivity index (χ2v) is 3.96. The van der Waals surface area contributed by atoms with E-state index in [1.54, 1.807) is 25.3 Å². The molecule has 0 aliphatic rings. The second kappa shape index (κ2) is 8.99. The van der Waals surface area contributed by atoms with Gasteiger partial charge in [-0.25, -0.2) is 4.39 Å². The van der Waals surface area contributed by atoms with E-state index in [4.69, 9.17) is 9.47 Å². The second-order valence-electron chi connectivity index (χ2n) is 3.96. The number of benzene rings is 1. The zero-order valence-corrected chi connectivity index (χ0v) is 10.6. The van der Waals surface area contributed by atoms with Gasteiger partial charge in [0.05, 0.1) is 25.9 Å². The van der Waals surface area contributed by atoms with Crippen molar-refractivity contribution in [1.29, 1.82) is 0 Å². The number of hydrogen-bond donors (Lipinski definition) is 2. The minimum atomic E-state index is -0.603. The van der Waals surface area contributed by atoms with Crippen LogP contribution >= 0.6 is 0 Å². The Kier molecular flexibility index (Phi) is 7.52. The first-order valence-electron chi connectivity index (χ1n) is 5.93. The lowest BCUT2D eigenvalue weighted by Crippen LogP contribution is -2.32. The Morgan fingerprint density at radius 3 is 2.89 bits per heavy atom. The van der Waals surface area contributed by atoms with Crippen molar-refractivity contribution in [3.8, 4) is 0 Å². The van der Waals surface area contributed by atoms with E-state index in [1.165, 1.54) is 6.07 Å². The molecule has 0 radical (unpaired) electrons.